The molecule has 0 aliphatic carbocycles. The second-order valence-electron chi connectivity index (χ2n) is 2.92. The molecule has 2 nitrogen and oxygen atoms in total. The molecule has 0 amide bonds. The lowest BCUT2D eigenvalue weighted by molar-refractivity contribution is 0.754. The molecule has 0 bridgehead atoms. The summed E-state index contributed by atoms with van der Waals surface area (Å²) < 4.78 is 0. The van der Waals surface area contributed by atoms with Gasteiger partial charge in [-0.1, -0.05) is 13.8 Å². The van der Waals surface area contributed by atoms with Crippen LogP contribution in [0.3, 0.4) is 0 Å². The van der Waals surface area contributed by atoms with E-state index in [-0.39, 0.29) is 0 Å². The van der Waals surface area contributed by atoms with Crippen molar-refractivity contribution in [3.63, 3.8) is 0 Å². The van der Waals surface area contributed by atoms with Gasteiger partial charge in [0, 0.05) is 23.2 Å². The summed E-state index contributed by atoms with van der Waals surface area (Å²) in [7, 11) is 0. The van der Waals surface area contributed by atoms with Crippen LogP contribution in [0.25, 0.3) is 0 Å². The SMILES string of the molecule is CCC1=C(C#N)CSC(C)CN1. The molecule has 1 rings (SSSR count). The largest absolute Gasteiger partial charge is 0.386 e. The molecule has 0 radical (unpaired) electrons. The van der Waals surface area contributed by atoms with Gasteiger partial charge in [0.05, 0.1) is 11.6 Å². The third-order valence-corrected chi connectivity index (χ3v) is 3.16. The van der Waals surface area contributed by atoms with Crippen molar-refractivity contribution >= 4 is 11.8 Å². The summed E-state index contributed by atoms with van der Waals surface area (Å²) >= 11 is 1.85. The number of thioether (sulfide) groups is 1. The van der Waals surface area contributed by atoms with Gasteiger partial charge < -0.3 is 5.32 Å². The number of nitrogens with zero attached hydrogens (tertiary/aromatic N) is 1. The van der Waals surface area contributed by atoms with E-state index in [2.05, 4.69) is 25.2 Å². The topological polar surface area (TPSA) is 35.8 Å². The zero-order valence-corrected chi connectivity index (χ0v) is 8.37. The van der Waals surface area contributed by atoms with Gasteiger partial charge in [-0.25, -0.2) is 0 Å². The highest BCUT2D eigenvalue weighted by Gasteiger charge is 2.13. The van der Waals surface area contributed by atoms with Gasteiger partial charge in [0.2, 0.25) is 0 Å². The van der Waals surface area contributed by atoms with Crippen molar-refractivity contribution < 1.29 is 0 Å². The Labute approximate surface area is 78.0 Å². The maximum Gasteiger partial charge on any atom is 0.0974 e. The summed E-state index contributed by atoms with van der Waals surface area (Å²) in [6.45, 7) is 5.25. The lowest BCUT2D eigenvalue weighted by Gasteiger charge is -2.08. The fourth-order valence-electron chi connectivity index (χ4n) is 1.18. The minimum Gasteiger partial charge on any atom is -0.386 e. The molecule has 66 valence electrons. The molecule has 0 saturated carbocycles. The van der Waals surface area contributed by atoms with E-state index in [0.29, 0.717) is 5.25 Å². The zero-order chi connectivity index (χ0) is 8.97. The van der Waals surface area contributed by atoms with Gasteiger partial charge in [-0.3, -0.25) is 0 Å². The average Bonchev–Trinajstić information content (AvgIpc) is 2.27. The van der Waals surface area contributed by atoms with Crippen LogP contribution in [0, 0.1) is 11.3 Å². The molecule has 1 N–H and O–H groups in total. The van der Waals surface area contributed by atoms with Crippen LogP contribution in [-0.4, -0.2) is 17.5 Å². The first kappa shape index (κ1) is 9.47. The Kier molecular flexibility index (Phi) is 3.48. The second kappa shape index (κ2) is 4.42. The maximum atomic E-state index is 8.84. The molecular formula is C9H14N2S. The zero-order valence-electron chi connectivity index (χ0n) is 7.55. The molecule has 12 heavy (non-hydrogen) atoms. The van der Waals surface area contributed by atoms with E-state index in [9.17, 15) is 0 Å². The van der Waals surface area contributed by atoms with Gasteiger partial charge in [-0.05, 0) is 6.42 Å². The molecule has 3 heteroatoms. The molecule has 0 fully saturated rings. The fourth-order valence-corrected chi connectivity index (χ4v) is 2.07. The lowest BCUT2D eigenvalue weighted by atomic mass is 10.2. The van der Waals surface area contributed by atoms with Crippen molar-refractivity contribution in [1.29, 1.82) is 5.26 Å². The molecule has 1 atom stereocenters. The molecule has 1 aliphatic heterocycles. The van der Waals surface area contributed by atoms with Crippen molar-refractivity contribution in [2.75, 3.05) is 12.3 Å². The average molecular weight is 182 g/mol. The van der Waals surface area contributed by atoms with Gasteiger partial charge >= 0.3 is 0 Å². The number of rotatable bonds is 1. The van der Waals surface area contributed by atoms with Crippen LogP contribution in [0.2, 0.25) is 0 Å². The smallest absolute Gasteiger partial charge is 0.0974 e. The van der Waals surface area contributed by atoms with Gasteiger partial charge in [-0.2, -0.15) is 17.0 Å². The first-order valence-electron chi connectivity index (χ1n) is 4.25. The monoisotopic (exact) mass is 182 g/mol. The summed E-state index contributed by atoms with van der Waals surface area (Å²) in [6, 6.07) is 2.26. The molecular weight excluding hydrogens is 168 g/mol. The third-order valence-electron chi connectivity index (χ3n) is 1.97. The minimum atomic E-state index is 0.609. The summed E-state index contributed by atoms with van der Waals surface area (Å²) in [5.41, 5.74) is 2.06. The van der Waals surface area contributed by atoms with E-state index in [1.54, 1.807) is 0 Å². The number of hydrogen-bond acceptors (Lipinski definition) is 3. The van der Waals surface area contributed by atoms with Crippen LogP contribution in [0.15, 0.2) is 11.3 Å². The Hall–Kier alpha value is -0.620. The summed E-state index contributed by atoms with van der Waals surface area (Å²) in [4.78, 5) is 0. The standard InChI is InChI=1S/C9H14N2S/c1-3-9-8(4-10)6-12-7(2)5-11-9/h7,11H,3,5-6H2,1-2H3. The molecule has 0 aromatic rings. The van der Waals surface area contributed by atoms with Gasteiger partial charge in [-0.15, -0.1) is 0 Å². The molecule has 1 unspecified atom stereocenters. The van der Waals surface area contributed by atoms with Crippen LogP contribution in [0.4, 0.5) is 0 Å². The molecule has 1 heterocycles. The van der Waals surface area contributed by atoms with E-state index in [1.165, 1.54) is 0 Å². The highest BCUT2D eigenvalue weighted by atomic mass is 32.2. The van der Waals surface area contributed by atoms with Crippen LogP contribution in [0.5, 0.6) is 0 Å². The number of nitrogens with one attached hydrogen (secondary N) is 1. The van der Waals surface area contributed by atoms with Crippen molar-refractivity contribution in [2.24, 2.45) is 0 Å². The molecule has 0 aromatic heterocycles. The van der Waals surface area contributed by atoms with Crippen LogP contribution in [-0.2, 0) is 0 Å². The Balaban J connectivity index is 2.73. The van der Waals surface area contributed by atoms with E-state index < -0.39 is 0 Å². The maximum absolute atomic E-state index is 8.84. The summed E-state index contributed by atoms with van der Waals surface area (Å²) in [5.74, 6) is 0.869. The minimum absolute atomic E-state index is 0.609. The van der Waals surface area contributed by atoms with E-state index in [4.69, 9.17) is 5.26 Å². The third kappa shape index (κ3) is 2.18. The van der Waals surface area contributed by atoms with E-state index in [0.717, 1.165) is 30.0 Å². The fraction of sp³-hybridized carbons (Fsp3) is 0.667. The Morgan fingerprint density at radius 2 is 2.50 bits per heavy atom. The van der Waals surface area contributed by atoms with E-state index in [1.807, 2.05) is 11.8 Å². The van der Waals surface area contributed by atoms with Crippen LogP contribution in [0.1, 0.15) is 20.3 Å². The van der Waals surface area contributed by atoms with Gasteiger partial charge in [0.15, 0.2) is 0 Å². The van der Waals surface area contributed by atoms with Crippen molar-refractivity contribution in [3.05, 3.63) is 11.3 Å². The highest BCUT2D eigenvalue weighted by molar-refractivity contribution is 8.00. The Bertz CT molecular complexity index is 227. The first-order chi connectivity index (χ1) is 5.77. The first-order valence-corrected chi connectivity index (χ1v) is 5.30. The molecule has 0 spiro atoms. The van der Waals surface area contributed by atoms with Crippen molar-refractivity contribution in [2.45, 2.75) is 25.5 Å². The summed E-state index contributed by atoms with van der Waals surface area (Å²) in [6.07, 6.45) is 0.941. The summed E-state index contributed by atoms with van der Waals surface area (Å²) in [5, 5.41) is 12.8. The molecule has 1 aliphatic rings. The second-order valence-corrected chi connectivity index (χ2v) is 4.35. The Morgan fingerprint density at radius 1 is 1.75 bits per heavy atom. The van der Waals surface area contributed by atoms with Gasteiger partial charge in [0.25, 0.3) is 0 Å². The number of hydrogen-bond donors (Lipinski definition) is 1. The number of nitriles is 1. The predicted molar refractivity (Wildman–Crippen MR) is 52.9 cm³/mol. The van der Waals surface area contributed by atoms with E-state index >= 15 is 0 Å². The highest BCUT2D eigenvalue weighted by Crippen LogP contribution is 2.20. The predicted octanol–water partition coefficient (Wildman–Crippen LogP) is 1.90. The van der Waals surface area contributed by atoms with Crippen molar-refractivity contribution in [1.82, 2.24) is 5.32 Å². The van der Waals surface area contributed by atoms with Crippen LogP contribution < -0.4 is 5.32 Å². The normalized spacial score (nSPS) is 24.2. The van der Waals surface area contributed by atoms with Crippen molar-refractivity contribution in [3.8, 4) is 6.07 Å². The molecule has 0 saturated heterocycles. The molecule has 0 aromatic carbocycles. The Morgan fingerprint density at radius 3 is 3.08 bits per heavy atom. The lowest BCUT2D eigenvalue weighted by Crippen LogP contribution is -2.20. The van der Waals surface area contributed by atoms with Crippen LogP contribution >= 0.6 is 11.8 Å². The van der Waals surface area contributed by atoms with Gasteiger partial charge in [0.1, 0.15) is 0 Å². The number of allylic oxidation sites excluding steroid dienone is 1. The quantitative estimate of drug-likeness (QED) is 0.672.